The Balaban J connectivity index is -0.000000168. The van der Waals surface area contributed by atoms with E-state index < -0.39 is 7.14 Å². The SMILES string of the molecule is C.C.C.C.C.C.CC(=O)c1ccc(C(=O)CCCC(C)(C)C)cc1.CCCCC(=O)c1ccc(C(=O)CCCP(C)(=O)C(C)(C)C)cc1. The minimum Gasteiger partial charge on any atom is -0.323 e. The van der Waals surface area contributed by atoms with Gasteiger partial charge in [-0.15, -0.1) is 0 Å². The average Bonchev–Trinajstić information content (AvgIpc) is 2.90. The van der Waals surface area contributed by atoms with Crippen LogP contribution in [-0.4, -0.2) is 41.1 Å². The van der Waals surface area contributed by atoms with Crippen LogP contribution in [0.4, 0.5) is 0 Å². The van der Waals surface area contributed by atoms with Gasteiger partial charge in [0.15, 0.2) is 23.1 Å². The fraction of sp³-hybridized carbons (Fsp3) is 0.619. The number of hydrogen-bond donors (Lipinski definition) is 0. The van der Waals surface area contributed by atoms with Crippen molar-refractivity contribution < 1.29 is 23.7 Å². The Morgan fingerprint density at radius 3 is 1.17 bits per heavy atom. The average molecular weight is 693 g/mol. The van der Waals surface area contributed by atoms with Crippen molar-refractivity contribution in [1.82, 2.24) is 0 Å². The van der Waals surface area contributed by atoms with Crippen LogP contribution >= 0.6 is 7.14 Å². The second-order valence-corrected chi connectivity index (χ2v) is 17.6. The molecule has 6 heteroatoms. The Hall–Kier alpha value is -2.65. The zero-order chi connectivity index (χ0) is 32.1. The molecule has 0 saturated carbocycles. The fourth-order valence-electron chi connectivity index (χ4n) is 4.16. The number of hydrogen-bond acceptors (Lipinski definition) is 5. The molecule has 2 aromatic rings. The van der Waals surface area contributed by atoms with Gasteiger partial charge in [-0.1, -0.05) is 148 Å². The standard InChI is InChI=1S/C20H31O3P.C16H22O2.6CH4/c1-6-7-9-18(21)16-11-13-17(14-12-16)19(22)10-8-15-24(5,23)20(2,3)4;1-12(17)13-7-9-14(10-8-13)15(18)6-5-11-16(2,3)4;;;;;;/h11-14H,6-10,15H2,1-5H3;7-10H,5-6,11H2,1-4H3;6*1H4. The summed E-state index contributed by atoms with van der Waals surface area (Å²) in [4.78, 5) is 47.3. The number of rotatable bonds is 14. The maximum absolute atomic E-state index is 12.6. The molecule has 0 heterocycles. The van der Waals surface area contributed by atoms with Gasteiger partial charge in [0.2, 0.25) is 0 Å². The number of carbonyl (C=O) groups excluding carboxylic acids is 4. The summed E-state index contributed by atoms with van der Waals surface area (Å²) >= 11 is 0. The van der Waals surface area contributed by atoms with Gasteiger partial charge in [0.25, 0.3) is 0 Å². The van der Waals surface area contributed by atoms with Crippen LogP contribution in [0, 0.1) is 5.41 Å². The molecule has 0 saturated heterocycles. The highest BCUT2D eigenvalue weighted by Crippen LogP contribution is 2.54. The highest BCUT2D eigenvalue weighted by atomic mass is 31.2. The number of unbranched alkanes of at least 4 members (excludes halogenated alkanes) is 1. The normalized spacial score (nSPS) is 11.4. The van der Waals surface area contributed by atoms with E-state index in [1.54, 1.807) is 48.5 Å². The molecule has 0 aliphatic rings. The van der Waals surface area contributed by atoms with E-state index in [9.17, 15) is 23.7 Å². The summed E-state index contributed by atoms with van der Waals surface area (Å²) in [7, 11) is -2.25. The van der Waals surface area contributed by atoms with Crippen LogP contribution in [0.15, 0.2) is 48.5 Å². The first kappa shape index (κ1) is 57.6. The molecule has 48 heavy (non-hydrogen) atoms. The number of Topliss-reactive ketones (excluding diaryl/α,β-unsaturated/α-hetero) is 4. The summed E-state index contributed by atoms with van der Waals surface area (Å²) in [5.41, 5.74) is 2.93. The third-order valence-corrected chi connectivity index (χ3v) is 11.6. The van der Waals surface area contributed by atoms with E-state index in [4.69, 9.17) is 0 Å². The van der Waals surface area contributed by atoms with E-state index in [2.05, 4.69) is 27.7 Å². The Labute approximate surface area is 298 Å². The van der Waals surface area contributed by atoms with Crippen LogP contribution in [0.3, 0.4) is 0 Å². The quantitative estimate of drug-likeness (QED) is 0.145. The number of ketones is 4. The summed E-state index contributed by atoms with van der Waals surface area (Å²) < 4.78 is 12.6. The highest BCUT2D eigenvalue weighted by Gasteiger charge is 2.30. The molecule has 0 fully saturated rings. The molecule has 0 aromatic heterocycles. The van der Waals surface area contributed by atoms with Crippen molar-refractivity contribution in [3.63, 3.8) is 0 Å². The van der Waals surface area contributed by atoms with Crippen molar-refractivity contribution in [1.29, 1.82) is 0 Å². The third-order valence-electron chi connectivity index (χ3n) is 7.64. The topological polar surface area (TPSA) is 85.3 Å². The van der Waals surface area contributed by atoms with Crippen LogP contribution in [0.25, 0.3) is 0 Å². The van der Waals surface area contributed by atoms with E-state index in [1.807, 2.05) is 27.4 Å². The molecule has 1 unspecified atom stereocenters. The van der Waals surface area contributed by atoms with E-state index in [0.717, 1.165) is 25.7 Å². The molecule has 0 spiro atoms. The lowest BCUT2D eigenvalue weighted by atomic mass is 9.89. The second-order valence-electron chi connectivity index (χ2n) is 13.6. The van der Waals surface area contributed by atoms with Crippen LogP contribution in [-0.2, 0) is 4.57 Å². The van der Waals surface area contributed by atoms with Gasteiger partial charge >= 0.3 is 0 Å². The molecule has 0 N–H and O–H groups in total. The van der Waals surface area contributed by atoms with E-state index in [1.165, 1.54) is 6.92 Å². The largest absolute Gasteiger partial charge is 0.323 e. The molecule has 5 nitrogen and oxygen atoms in total. The number of benzene rings is 2. The summed E-state index contributed by atoms with van der Waals surface area (Å²) in [5, 5.41) is -0.212. The smallest absolute Gasteiger partial charge is 0.162 e. The van der Waals surface area contributed by atoms with Crippen LogP contribution < -0.4 is 0 Å². The van der Waals surface area contributed by atoms with Crippen molar-refractivity contribution in [3.8, 4) is 0 Å². The summed E-state index contributed by atoms with van der Waals surface area (Å²) in [6.45, 7) is 17.9. The van der Waals surface area contributed by atoms with Crippen LogP contribution in [0.1, 0.15) is 193 Å². The lowest BCUT2D eigenvalue weighted by Crippen LogP contribution is -2.16. The van der Waals surface area contributed by atoms with Crippen LogP contribution in [0.2, 0.25) is 0 Å². The van der Waals surface area contributed by atoms with E-state index in [0.29, 0.717) is 54.1 Å². The zero-order valence-corrected chi connectivity index (χ0v) is 28.4. The van der Waals surface area contributed by atoms with Crippen molar-refractivity contribution in [2.45, 2.75) is 156 Å². The Bertz CT molecular complexity index is 1230. The monoisotopic (exact) mass is 693 g/mol. The number of carbonyl (C=O) groups is 4. The van der Waals surface area contributed by atoms with Gasteiger partial charge in [-0.3, -0.25) is 19.2 Å². The molecular weight excluding hydrogens is 615 g/mol. The van der Waals surface area contributed by atoms with Gasteiger partial charge in [0, 0.05) is 52.8 Å². The Kier molecular flexibility index (Phi) is 31.5. The molecule has 0 aliphatic heterocycles. The molecular formula is C42H77O5P. The summed E-state index contributed by atoms with van der Waals surface area (Å²) in [6, 6.07) is 13.9. The Morgan fingerprint density at radius 1 is 0.562 bits per heavy atom. The van der Waals surface area contributed by atoms with Gasteiger partial charge in [-0.2, -0.15) is 0 Å². The van der Waals surface area contributed by atoms with Gasteiger partial charge in [-0.05, 0) is 44.7 Å². The first-order chi connectivity index (χ1) is 19.4. The minimum atomic E-state index is -2.25. The minimum absolute atomic E-state index is 0. The molecule has 2 aromatic carbocycles. The van der Waals surface area contributed by atoms with Crippen molar-refractivity contribution in [2.24, 2.45) is 5.41 Å². The first-order valence-corrected chi connectivity index (χ1v) is 17.6. The fourth-order valence-corrected chi connectivity index (χ4v) is 5.59. The third kappa shape index (κ3) is 21.3. The first-order valence-electron chi connectivity index (χ1n) is 15.3. The van der Waals surface area contributed by atoms with Gasteiger partial charge < -0.3 is 4.57 Å². The Morgan fingerprint density at radius 2 is 0.875 bits per heavy atom. The van der Waals surface area contributed by atoms with Crippen molar-refractivity contribution in [3.05, 3.63) is 70.8 Å². The predicted molar refractivity (Wildman–Crippen MR) is 216 cm³/mol. The van der Waals surface area contributed by atoms with Gasteiger partial charge in [-0.25, -0.2) is 0 Å². The van der Waals surface area contributed by atoms with E-state index in [-0.39, 0.29) is 78.3 Å². The van der Waals surface area contributed by atoms with Crippen LogP contribution in [0.5, 0.6) is 0 Å². The lowest BCUT2D eigenvalue weighted by Gasteiger charge is -2.27. The molecule has 280 valence electrons. The molecule has 1 atom stereocenters. The molecule has 0 aliphatic carbocycles. The molecule has 2 rings (SSSR count). The summed E-state index contributed by atoms with van der Waals surface area (Å²) in [5.74, 6) is 0.375. The maximum atomic E-state index is 12.6. The van der Waals surface area contributed by atoms with Crippen molar-refractivity contribution >= 4 is 30.3 Å². The highest BCUT2D eigenvalue weighted by molar-refractivity contribution is 7.64. The van der Waals surface area contributed by atoms with Gasteiger partial charge in [0.05, 0.1) is 7.14 Å². The van der Waals surface area contributed by atoms with E-state index >= 15 is 0 Å². The predicted octanol–water partition coefficient (Wildman–Crippen LogP) is 13.9. The van der Waals surface area contributed by atoms with Gasteiger partial charge in [0.1, 0.15) is 0 Å². The lowest BCUT2D eigenvalue weighted by molar-refractivity contribution is 0.0968. The van der Waals surface area contributed by atoms with Crippen molar-refractivity contribution in [2.75, 3.05) is 12.8 Å². The maximum Gasteiger partial charge on any atom is 0.162 e. The molecule has 0 bridgehead atoms. The molecule has 0 radical (unpaired) electrons. The molecule has 0 amide bonds. The second kappa shape index (κ2) is 26.2. The summed E-state index contributed by atoms with van der Waals surface area (Å²) in [6.07, 6.45) is 6.62. The zero-order valence-electron chi connectivity index (χ0n) is 27.5.